The zero-order chi connectivity index (χ0) is 18.0. The maximum atomic E-state index is 12.8. The van der Waals surface area contributed by atoms with Crippen LogP contribution in [0.3, 0.4) is 0 Å². The average Bonchev–Trinajstić information content (AvgIpc) is 2.88. The van der Waals surface area contributed by atoms with Crippen molar-refractivity contribution in [2.24, 2.45) is 7.05 Å². The molecule has 0 bridgehead atoms. The van der Waals surface area contributed by atoms with Gasteiger partial charge < -0.3 is 15.2 Å². The van der Waals surface area contributed by atoms with E-state index in [-0.39, 0.29) is 11.8 Å². The second-order valence-electron chi connectivity index (χ2n) is 7.09. The summed E-state index contributed by atoms with van der Waals surface area (Å²) in [4.78, 5) is 29.1. The van der Waals surface area contributed by atoms with E-state index in [9.17, 15) is 9.59 Å². The molecule has 0 radical (unpaired) electrons. The van der Waals surface area contributed by atoms with E-state index < -0.39 is 5.54 Å². The predicted octanol–water partition coefficient (Wildman–Crippen LogP) is 2.34. The molecule has 0 aliphatic heterocycles. The summed E-state index contributed by atoms with van der Waals surface area (Å²) in [5.41, 5.74) is 2.36. The van der Waals surface area contributed by atoms with Gasteiger partial charge in [0, 0.05) is 14.0 Å². The Bertz CT molecular complexity index is 803. The van der Waals surface area contributed by atoms with Crippen LogP contribution in [-0.2, 0) is 23.2 Å². The van der Waals surface area contributed by atoms with Crippen LogP contribution in [0.1, 0.15) is 50.4 Å². The highest BCUT2D eigenvalue weighted by Crippen LogP contribution is 2.28. The number of aryl methyl sites for hydroxylation is 2. The second-order valence-corrected chi connectivity index (χ2v) is 7.09. The van der Waals surface area contributed by atoms with Crippen LogP contribution >= 0.6 is 0 Å². The van der Waals surface area contributed by atoms with Crippen molar-refractivity contribution in [2.45, 2.75) is 58.0 Å². The maximum absolute atomic E-state index is 12.8. The molecule has 0 spiro atoms. The molecule has 0 unspecified atom stereocenters. The number of benzene rings is 1. The minimum absolute atomic E-state index is 0.106. The number of hydrogen-bond donors (Lipinski definition) is 2. The van der Waals surface area contributed by atoms with Crippen molar-refractivity contribution in [3.8, 4) is 0 Å². The van der Waals surface area contributed by atoms with E-state index in [0.29, 0.717) is 19.4 Å². The maximum Gasteiger partial charge on any atom is 0.246 e. The molecule has 1 saturated carbocycles. The number of nitrogens with zero attached hydrogens (tertiary/aromatic N) is 2. The van der Waals surface area contributed by atoms with Gasteiger partial charge in [0.2, 0.25) is 11.8 Å². The Morgan fingerprint density at radius 1 is 1.24 bits per heavy atom. The molecule has 134 valence electrons. The molecule has 2 N–H and O–H groups in total. The summed E-state index contributed by atoms with van der Waals surface area (Å²) >= 11 is 0. The highest BCUT2D eigenvalue weighted by molar-refractivity contribution is 5.91. The van der Waals surface area contributed by atoms with Crippen molar-refractivity contribution in [3.63, 3.8) is 0 Å². The van der Waals surface area contributed by atoms with Crippen LogP contribution in [0.25, 0.3) is 11.0 Å². The van der Waals surface area contributed by atoms with Crippen LogP contribution in [0.4, 0.5) is 0 Å². The molecular weight excluding hydrogens is 316 g/mol. The largest absolute Gasteiger partial charge is 0.347 e. The topological polar surface area (TPSA) is 76.0 Å². The first-order valence-electron chi connectivity index (χ1n) is 8.90. The number of hydrogen-bond acceptors (Lipinski definition) is 3. The van der Waals surface area contributed by atoms with Crippen LogP contribution in [0, 0.1) is 6.92 Å². The van der Waals surface area contributed by atoms with E-state index in [4.69, 9.17) is 0 Å². The van der Waals surface area contributed by atoms with Gasteiger partial charge in [-0.2, -0.15) is 0 Å². The lowest BCUT2D eigenvalue weighted by molar-refractivity contribution is -0.134. The lowest BCUT2D eigenvalue weighted by atomic mass is 9.80. The molecular formula is C19H26N4O2. The van der Waals surface area contributed by atoms with Crippen LogP contribution < -0.4 is 10.6 Å². The first-order chi connectivity index (χ1) is 11.9. The molecule has 2 aromatic rings. The fourth-order valence-electron chi connectivity index (χ4n) is 3.75. The zero-order valence-corrected chi connectivity index (χ0v) is 15.2. The normalized spacial score (nSPS) is 16.6. The molecule has 1 aliphatic carbocycles. The molecule has 1 aromatic carbocycles. The molecule has 6 nitrogen and oxygen atoms in total. The Kier molecular flexibility index (Phi) is 4.79. The number of imidazole rings is 1. The minimum Gasteiger partial charge on any atom is -0.347 e. The molecule has 1 aromatic heterocycles. The lowest BCUT2D eigenvalue weighted by Gasteiger charge is -2.36. The Morgan fingerprint density at radius 3 is 2.64 bits per heavy atom. The van der Waals surface area contributed by atoms with Crippen molar-refractivity contribution in [1.82, 2.24) is 20.2 Å². The molecule has 2 amide bonds. The molecule has 25 heavy (non-hydrogen) atoms. The molecule has 1 heterocycles. The molecule has 3 rings (SSSR count). The van der Waals surface area contributed by atoms with Gasteiger partial charge in [-0.25, -0.2) is 4.98 Å². The number of fused-ring (bicyclic) bond motifs is 1. The highest BCUT2D eigenvalue weighted by Gasteiger charge is 2.40. The van der Waals surface area contributed by atoms with E-state index in [1.165, 1.54) is 6.92 Å². The van der Waals surface area contributed by atoms with Crippen molar-refractivity contribution in [1.29, 1.82) is 0 Å². The molecule has 0 atom stereocenters. The number of carbonyl (C=O) groups excluding carboxylic acids is 2. The Labute approximate surface area is 148 Å². The van der Waals surface area contributed by atoms with Crippen LogP contribution in [-0.4, -0.2) is 26.9 Å². The fraction of sp³-hybridized carbons (Fsp3) is 0.526. The molecule has 1 aliphatic rings. The van der Waals surface area contributed by atoms with E-state index in [2.05, 4.69) is 21.7 Å². The average molecular weight is 342 g/mol. The second kappa shape index (κ2) is 6.86. The summed E-state index contributed by atoms with van der Waals surface area (Å²) in [6.07, 6.45) is 4.41. The SMILES string of the molecule is CC(=O)NC1(C(=O)NCc2nc3cc(C)ccc3n2C)CCCCC1. The monoisotopic (exact) mass is 342 g/mol. The summed E-state index contributed by atoms with van der Waals surface area (Å²) in [5, 5.41) is 5.90. The van der Waals surface area contributed by atoms with Crippen LogP contribution in [0.5, 0.6) is 0 Å². The number of rotatable bonds is 4. The van der Waals surface area contributed by atoms with Crippen molar-refractivity contribution >= 4 is 22.8 Å². The van der Waals surface area contributed by atoms with Gasteiger partial charge in [0.1, 0.15) is 11.4 Å². The van der Waals surface area contributed by atoms with Gasteiger partial charge in [0.25, 0.3) is 0 Å². The van der Waals surface area contributed by atoms with Crippen LogP contribution in [0.15, 0.2) is 18.2 Å². The summed E-state index contributed by atoms with van der Waals surface area (Å²) in [6, 6.07) is 6.14. The predicted molar refractivity (Wildman–Crippen MR) is 96.9 cm³/mol. The lowest BCUT2D eigenvalue weighted by Crippen LogP contribution is -2.59. The summed E-state index contributed by atoms with van der Waals surface area (Å²) < 4.78 is 2.00. The zero-order valence-electron chi connectivity index (χ0n) is 15.2. The third-order valence-electron chi connectivity index (χ3n) is 5.09. The van der Waals surface area contributed by atoms with Crippen molar-refractivity contribution in [2.75, 3.05) is 0 Å². The number of amides is 2. The molecule has 0 saturated heterocycles. The van der Waals surface area contributed by atoms with Crippen molar-refractivity contribution in [3.05, 3.63) is 29.6 Å². The van der Waals surface area contributed by atoms with Gasteiger partial charge in [-0.05, 0) is 37.5 Å². The van der Waals surface area contributed by atoms with Gasteiger partial charge in [-0.3, -0.25) is 9.59 Å². The Morgan fingerprint density at radius 2 is 1.96 bits per heavy atom. The standard InChI is InChI=1S/C19H26N4O2/c1-13-7-8-16-15(11-13)21-17(23(16)3)12-20-18(25)19(22-14(2)24)9-5-4-6-10-19/h7-8,11H,4-6,9-10,12H2,1-3H3,(H,20,25)(H,22,24). The van der Waals surface area contributed by atoms with Crippen molar-refractivity contribution < 1.29 is 9.59 Å². The van der Waals surface area contributed by atoms with Gasteiger partial charge in [-0.15, -0.1) is 0 Å². The Balaban J connectivity index is 1.76. The Hall–Kier alpha value is -2.37. The first kappa shape index (κ1) is 17.5. The fourth-order valence-corrected chi connectivity index (χ4v) is 3.75. The van der Waals surface area contributed by atoms with Crippen LogP contribution in [0.2, 0.25) is 0 Å². The summed E-state index contributed by atoms with van der Waals surface area (Å²) in [5.74, 6) is 0.545. The number of aromatic nitrogens is 2. The van der Waals surface area contributed by atoms with Gasteiger partial charge in [0.15, 0.2) is 0 Å². The first-order valence-corrected chi connectivity index (χ1v) is 8.90. The smallest absolute Gasteiger partial charge is 0.246 e. The number of carbonyl (C=O) groups is 2. The summed E-state index contributed by atoms with van der Waals surface area (Å²) in [6.45, 7) is 3.86. The highest BCUT2D eigenvalue weighted by atomic mass is 16.2. The van der Waals surface area contributed by atoms with E-state index in [0.717, 1.165) is 41.7 Å². The van der Waals surface area contributed by atoms with Gasteiger partial charge >= 0.3 is 0 Å². The molecule has 1 fully saturated rings. The third-order valence-corrected chi connectivity index (χ3v) is 5.09. The molecule has 6 heteroatoms. The van der Waals surface area contributed by atoms with Gasteiger partial charge in [0.05, 0.1) is 17.6 Å². The van der Waals surface area contributed by atoms with E-state index in [1.807, 2.05) is 30.7 Å². The van der Waals surface area contributed by atoms with E-state index in [1.54, 1.807) is 0 Å². The van der Waals surface area contributed by atoms with E-state index >= 15 is 0 Å². The third kappa shape index (κ3) is 3.52. The minimum atomic E-state index is -0.773. The quantitative estimate of drug-likeness (QED) is 0.895. The van der Waals surface area contributed by atoms with Gasteiger partial charge in [-0.1, -0.05) is 25.3 Å². The summed E-state index contributed by atoms with van der Waals surface area (Å²) in [7, 11) is 1.95. The number of nitrogens with one attached hydrogen (secondary N) is 2.